The molecule has 0 radical (unpaired) electrons. The van der Waals surface area contributed by atoms with Crippen molar-refractivity contribution < 1.29 is 23.1 Å². The zero-order chi connectivity index (χ0) is 13.8. The number of hydrogen-bond donors (Lipinski definition) is 1. The molecule has 0 aromatic carbocycles. The summed E-state index contributed by atoms with van der Waals surface area (Å²) in [5, 5.41) is 8.63. The Kier molecular flexibility index (Phi) is 5.55. The lowest BCUT2D eigenvalue weighted by Crippen LogP contribution is -2.37. The predicted molar refractivity (Wildman–Crippen MR) is 66.9 cm³/mol. The van der Waals surface area contributed by atoms with Crippen molar-refractivity contribution in [2.24, 2.45) is 0 Å². The highest BCUT2D eigenvalue weighted by atomic mass is 32.2. The Morgan fingerprint density at radius 2 is 2.06 bits per heavy atom. The molecule has 1 rings (SSSR count). The van der Waals surface area contributed by atoms with E-state index >= 15 is 0 Å². The maximum absolute atomic E-state index is 12.1. The van der Waals surface area contributed by atoms with Gasteiger partial charge in [0.25, 0.3) is 0 Å². The van der Waals surface area contributed by atoms with Crippen LogP contribution in [0.5, 0.6) is 0 Å². The first-order chi connectivity index (χ1) is 8.33. The van der Waals surface area contributed by atoms with Crippen LogP contribution in [-0.4, -0.2) is 54.8 Å². The van der Waals surface area contributed by atoms with E-state index in [2.05, 4.69) is 0 Å². The summed E-state index contributed by atoms with van der Waals surface area (Å²) >= 11 is 0. The minimum atomic E-state index is -3.41. The van der Waals surface area contributed by atoms with Crippen LogP contribution in [0.25, 0.3) is 0 Å². The summed E-state index contributed by atoms with van der Waals surface area (Å²) in [6, 6.07) is -0.00611. The van der Waals surface area contributed by atoms with Crippen molar-refractivity contribution in [3.8, 4) is 0 Å². The molecule has 0 unspecified atom stereocenters. The average molecular weight is 279 g/mol. The minimum Gasteiger partial charge on any atom is -0.481 e. The van der Waals surface area contributed by atoms with Gasteiger partial charge in [0, 0.05) is 12.6 Å². The van der Waals surface area contributed by atoms with Gasteiger partial charge in [0.2, 0.25) is 10.0 Å². The molecule has 0 saturated heterocycles. The van der Waals surface area contributed by atoms with E-state index in [0.29, 0.717) is 0 Å². The van der Waals surface area contributed by atoms with E-state index in [1.54, 1.807) is 0 Å². The fourth-order valence-corrected chi connectivity index (χ4v) is 3.20. The van der Waals surface area contributed by atoms with Crippen molar-refractivity contribution in [2.75, 3.05) is 18.9 Å². The normalized spacial score (nSPS) is 16.4. The van der Waals surface area contributed by atoms with Crippen molar-refractivity contribution in [3.63, 3.8) is 0 Å². The summed E-state index contributed by atoms with van der Waals surface area (Å²) < 4.78 is 30.7. The topological polar surface area (TPSA) is 83.9 Å². The van der Waals surface area contributed by atoms with Gasteiger partial charge < -0.3 is 9.84 Å². The fourth-order valence-electron chi connectivity index (χ4n) is 1.62. The van der Waals surface area contributed by atoms with Crippen LogP contribution in [0.3, 0.4) is 0 Å². The number of carboxylic acid groups (broad SMARTS) is 1. The van der Waals surface area contributed by atoms with Crippen LogP contribution >= 0.6 is 0 Å². The van der Waals surface area contributed by atoms with Gasteiger partial charge in [-0.15, -0.1) is 0 Å². The van der Waals surface area contributed by atoms with E-state index in [4.69, 9.17) is 9.84 Å². The van der Waals surface area contributed by atoms with Crippen molar-refractivity contribution in [1.82, 2.24) is 4.31 Å². The van der Waals surface area contributed by atoms with Gasteiger partial charge >= 0.3 is 5.97 Å². The van der Waals surface area contributed by atoms with Gasteiger partial charge in [0.15, 0.2) is 0 Å². The molecule has 0 spiro atoms. The number of carbonyl (C=O) groups is 1. The third-order valence-electron chi connectivity index (χ3n) is 2.65. The Bertz CT molecular complexity index is 375. The Morgan fingerprint density at radius 3 is 2.50 bits per heavy atom. The number of sulfonamides is 1. The van der Waals surface area contributed by atoms with Gasteiger partial charge in [0.1, 0.15) is 0 Å². The van der Waals surface area contributed by atoms with Crippen LogP contribution in [0.15, 0.2) is 0 Å². The molecule has 18 heavy (non-hydrogen) atoms. The van der Waals surface area contributed by atoms with Crippen LogP contribution in [-0.2, 0) is 19.6 Å². The molecule has 0 amide bonds. The van der Waals surface area contributed by atoms with Gasteiger partial charge in [0.05, 0.1) is 24.9 Å². The maximum atomic E-state index is 12.1. The SMILES string of the molecule is CC(C)OCCS(=O)(=O)N(CCC(=O)O)C1CC1. The van der Waals surface area contributed by atoms with Crippen LogP contribution in [0.4, 0.5) is 0 Å². The monoisotopic (exact) mass is 279 g/mol. The quantitative estimate of drug-likeness (QED) is 0.671. The number of ether oxygens (including phenoxy) is 1. The Hall–Kier alpha value is -0.660. The molecule has 1 N–H and O–H groups in total. The van der Waals surface area contributed by atoms with E-state index in [-0.39, 0.29) is 37.5 Å². The first-order valence-electron chi connectivity index (χ1n) is 6.16. The summed E-state index contributed by atoms with van der Waals surface area (Å²) in [5.41, 5.74) is 0. The lowest BCUT2D eigenvalue weighted by Gasteiger charge is -2.21. The highest BCUT2D eigenvalue weighted by molar-refractivity contribution is 7.89. The van der Waals surface area contributed by atoms with Crippen molar-refractivity contribution in [1.29, 1.82) is 0 Å². The van der Waals surface area contributed by atoms with E-state index in [1.807, 2.05) is 13.8 Å². The molecule has 0 heterocycles. The second-order valence-electron chi connectivity index (χ2n) is 4.72. The number of rotatable bonds is 9. The van der Waals surface area contributed by atoms with E-state index < -0.39 is 16.0 Å². The standard InChI is InChI=1S/C11H21NO5S/c1-9(2)17-7-8-18(15,16)12(10-3-4-10)6-5-11(13)14/h9-10H,3-8H2,1-2H3,(H,13,14). The Labute approximate surface area is 108 Å². The molecule has 6 nitrogen and oxygen atoms in total. The summed E-state index contributed by atoms with van der Waals surface area (Å²) in [7, 11) is -3.41. The first-order valence-corrected chi connectivity index (χ1v) is 7.77. The molecular formula is C11H21NO5S. The third kappa shape index (κ3) is 5.32. The summed E-state index contributed by atoms with van der Waals surface area (Å²) in [6.45, 7) is 3.89. The van der Waals surface area contributed by atoms with E-state index in [1.165, 1.54) is 4.31 Å². The summed E-state index contributed by atoms with van der Waals surface area (Å²) in [6.07, 6.45) is 1.49. The predicted octanol–water partition coefficient (Wildman–Crippen LogP) is 0.680. The molecule has 0 aromatic heterocycles. The molecule has 0 aliphatic heterocycles. The van der Waals surface area contributed by atoms with Crippen LogP contribution < -0.4 is 0 Å². The lowest BCUT2D eigenvalue weighted by molar-refractivity contribution is -0.137. The molecule has 1 aliphatic rings. The zero-order valence-corrected chi connectivity index (χ0v) is 11.6. The fraction of sp³-hybridized carbons (Fsp3) is 0.909. The highest BCUT2D eigenvalue weighted by Crippen LogP contribution is 2.29. The second-order valence-corrected chi connectivity index (χ2v) is 6.76. The Morgan fingerprint density at radius 1 is 1.44 bits per heavy atom. The second kappa shape index (κ2) is 6.49. The molecule has 0 bridgehead atoms. The van der Waals surface area contributed by atoms with Gasteiger partial charge in [-0.2, -0.15) is 4.31 Å². The third-order valence-corrected chi connectivity index (χ3v) is 4.53. The van der Waals surface area contributed by atoms with Gasteiger partial charge in [-0.25, -0.2) is 8.42 Å². The number of aliphatic carboxylic acids is 1. The van der Waals surface area contributed by atoms with Crippen LogP contribution in [0.2, 0.25) is 0 Å². The number of hydrogen-bond acceptors (Lipinski definition) is 4. The summed E-state index contributed by atoms with van der Waals surface area (Å²) in [5.74, 6) is -1.06. The molecule has 7 heteroatoms. The largest absolute Gasteiger partial charge is 0.481 e. The first kappa shape index (κ1) is 15.4. The number of carboxylic acids is 1. The van der Waals surface area contributed by atoms with Crippen molar-refractivity contribution in [3.05, 3.63) is 0 Å². The zero-order valence-electron chi connectivity index (χ0n) is 10.8. The molecule has 0 aromatic rings. The van der Waals surface area contributed by atoms with Crippen molar-refractivity contribution in [2.45, 2.75) is 45.3 Å². The molecular weight excluding hydrogens is 258 g/mol. The van der Waals surface area contributed by atoms with E-state index in [0.717, 1.165) is 12.8 Å². The molecule has 106 valence electrons. The van der Waals surface area contributed by atoms with Gasteiger partial charge in [-0.1, -0.05) is 0 Å². The van der Waals surface area contributed by atoms with E-state index in [9.17, 15) is 13.2 Å². The molecule has 0 atom stereocenters. The smallest absolute Gasteiger partial charge is 0.304 e. The van der Waals surface area contributed by atoms with Crippen LogP contribution in [0.1, 0.15) is 33.1 Å². The minimum absolute atomic E-state index is 0.00593. The highest BCUT2D eigenvalue weighted by Gasteiger charge is 2.36. The van der Waals surface area contributed by atoms with Gasteiger partial charge in [-0.05, 0) is 26.7 Å². The Balaban J connectivity index is 2.51. The number of nitrogens with zero attached hydrogens (tertiary/aromatic N) is 1. The molecule has 1 aliphatic carbocycles. The van der Waals surface area contributed by atoms with Crippen molar-refractivity contribution >= 4 is 16.0 Å². The average Bonchev–Trinajstić information content (AvgIpc) is 3.00. The maximum Gasteiger partial charge on any atom is 0.304 e. The summed E-state index contributed by atoms with van der Waals surface area (Å²) in [4.78, 5) is 10.5. The molecule has 1 fully saturated rings. The lowest BCUT2D eigenvalue weighted by atomic mass is 10.4. The van der Waals surface area contributed by atoms with Gasteiger partial charge in [-0.3, -0.25) is 4.79 Å². The molecule has 1 saturated carbocycles. The van der Waals surface area contributed by atoms with Crippen LogP contribution in [0, 0.1) is 0 Å².